The van der Waals surface area contributed by atoms with Gasteiger partial charge in [0.25, 0.3) is 5.91 Å². The Bertz CT molecular complexity index is 767. The van der Waals surface area contributed by atoms with Crippen molar-refractivity contribution in [3.05, 3.63) is 52.2 Å². The molecule has 0 aliphatic carbocycles. The van der Waals surface area contributed by atoms with Gasteiger partial charge in [0, 0.05) is 25.7 Å². The van der Waals surface area contributed by atoms with E-state index in [1.165, 1.54) is 5.56 Å². The van der Waals surface area contributed by atoms with Gasteiger partial charge in [-0.3, -0.25) is 14.7 Å². The topological polar surface area (TPSA) is 49.6 Å². The molecule has 0 atom stereocenters. The Labute approximate surface area is 156 Å². The summed E-state index contributed by atoms with van der Waals surface area (Å²) in [6.45, 7) is 8.93. The second-order valence-electron chi connectivity index (χ2n) is 7.59. The van der Waals surface area contributed by atoms with E-state index in [0.29, 0.717) is 5.92 Å². The Morgan fingerprint density at radius 1 is 1.23 bits per heavy atom. The van der Waals surface area contributed by atoms with Gasteiger partial charge >= 0.3 is 0 Å². The lowest BCUT2D eigenvalue weighted by atomic mass is 9.89. The summed E-state index contributed by atoms with van der Waals surface area (Å²) in [7, 11) is 3.59. The first-order valence-electron chi connectivity index (χ1n) is 9.32. The zero-order valence-electron chi connectivity index (χ0n) is 16.5. The summed E-state index contributed by atoms with van der Waals surface area (Å²) < 4.78 is 5.82. The molecule has 5 nitrogen and oxygen atoms in total. The normalized spacial score (nSPS) is 16.0. The summed E-state index contributed by atoms with van der Waals surface area (Å²) >= 11 is 0. The van der Waals surface area contributed by atoms with Crippen LogP contribution in [0, 0.1) is 20.8 Å². The van der Waals surface area contributed by atoms with E-state index in [4.69, 9.17) is 9.40 Å². The minimum Gasteiger partial charge on any atom is -0.465 e. The van der Waals surface area contributed by atoms with Crippen LogP contribution in [0.25, 0.3) is 0 Å². The van der Waals surface area contributed by atoms with E-state index < -0.39 is 0 Å². The fourth-order valence-electron chi connectivity index (χ4n) is 3.62. The molecule has 0 radical (unpaired) electrons. The van der Waals surface area contributed by atoms with Gasteiger partial charge < -0.3 is 9.32 Å². The summed E-state index contributed by atoms with van der Waals surface area (Å²) in [6, 6.07) is 6.00. The van der Waals surface area contributed by atoms with E-state index in [-0.39, 0.29) is 5.91 Å². The van der Waals surface area contributed by atoms with Gasteiger partial charge in [0.05, 0.1) is 17.8 Å². The van der Waals surface area contributed by atoms with Gasteiger partial charge in [0.15, 0.2) is 0 Å². The minimum absolute atomic E-state index is 0.0384. The first-order valence-corrected chi connectivity index (χ1v) is 9.32. The highest BCUT2D eigenvalue weighted by Gasteiger charge is 2.27. The molecule has 1 aliphatic rings. The Balaban J connectivity index is 1.70. The minimum atomic E-state index is 0.0384. The van der Waals surface area contributed by atoms with Crippen LogP contribution in [-0.2, 0) is 6.54 Å². The number of piperidine rings is 1. The number of carbonyl (C=O) groups is 1. The van der Waals surface area contributed by atoms with E-state index in [1.807, 2.05) is 26.0 Å². The summed E-state index contributed by atoms with van der Waals surface area (Å²) in [6.07, 6.45) is 2.03. The monoisotopic (exact) mass is 355 g/mol. The largest absolute Gasteiger partial charge is 0.465 e. The van der Waals surface area contributed by atoms with Crippen LogP contribution in [0.15, 0.2) is 22.6 Å². The summed E-state index contributed by atoms with van der Waals surface area (Å²) in [4.78, 5) is 21.3. The Kier molecular flexibility index (Phi) is 5.47. The van der Waals surface area contributed by atoms with Crippen LogP contribution < -0.4 is 0 Å². The van der Waals surface area contributed by atoms with Crippen LogP contribution in [-0.4, -0.2) is 47.9 Å². The molecular formula is C21H29N3O2. The molecule has 3 heterocycles. The van der Waals surface area contributed by atoms with Crippen molar-refractivity contribution in [1.82, 2.24) is 14.8 Å². The highest BCUT2D eigenvalue weighted by Crippen LogP contribution is 2.30. The molecule has 1 amide bonds. The maximum Gasteiger partial charge on any atom is 0.255 e. The van der Waals surface area contributed by atoms with Crippen molar-refractivity contribution in [3.8, 4) is 0 Å². The van der Waals surface area contributed by atoms with Gasteiger partial charge in [-0.15, -0.1) is 0 Å². The van der Waals surface area contributed by atoms with Gasteiger partial charge in [-0.25, -0.2) is 0 Å². The molecule has 1 saturated heterocycles. The molecule has 0 unspecified atom stereocenters. The third-order valence-electron chi connectivity index (χ3n) is 5.27. The van der Waals surface area contributed by atoms with Gasteiger partial charge in [0.2, 0.25) is 0 Å². The number of hydrogen-bond acceptors (Lipinski definition) is 4. The molecule has 0 aromatic carbocycles. The fraction of sp³-hybridized carbons (Fsp3) is 0.524. The molecule has 26 heavy (non-hydrogen) atoms. The summed E-state index contributed by atoms with van der Waals surface area (Å²) in [5, 5.41) is 0. The maximum absolute atomic E-state index is 12.5. The number of rotatable bonds is 4. The van der Waals surface area contributed by atoms with E-state index >= 15 is 0 Å². The molecule has 0 bridgehead atoms. The lowest BCUT2D eigenvalue weighted by molar-refractivity contribution is 0.0824. The summed E-state index contributed by atoms with van der Waals surface area (Å²) in [5.74, 6) is 2.42. The molecule has 0 N–H and O–H groups in total. The van der Waals surface area contributed by atoms with Crippen LogP contribution in [0.2, 0.25) is 0 Å². The smallest absolute Gasteiger partial charge is 0.255 e. The second-order valence-corrected chi connectivity index (χ2v) is 7.59. The number of carbonyl (C=O) groups excluding carboxylic acids is 1. The molecule has 2 aromatic rings. The average Bonchev–Trinajstić information content (AvgIpc) is 2.92. The van der Waals surface area contributed by atoms with Crippen molar-refractivity contribution in [2.75, 3.05) is 27.2 Å². The maximum atomic E-state index is 12.5. The molecule has 2 aromatic heterocycles. The molecule has 0 spiro atoms. The quantitative estimate of drug-likeness (QED) is 0.839. The average molecular weight is 355 g/mol. The lowest BCUT2D eigenvalue weighted by Crippen LogP contribution is -2.33. The number of amides is 1. The van der Waals surface area contributed by atoms with Crippen molar-refractivity contribution in [3.63, 3.8) is 0 Å². The second kappa shape index (κ2) is 7.62. The van der Waals surface area contributed by atoms with E-state index in [1.54, 1.807) is 19.0 Å². The van der Waals surface area contributed by atoms with Crippen LogP contribution in [0.1, 0.15) is 57.6 Å². The highest BCUT2D eigenvalue weighted by molar-refractivity contribution is 5.95. The molecule has 1 fully saturated rings. The molecule has 3 rings (SSSR count). The van der Waals surface area contributed by atoms with Crippen molar-refractivity contribution >= 4 is 5.91 Å². The van der Waals surface area contributed by atoms with E-state index in [0.717, 1.165) is 60.9 Å². The predicted octanol–water partition coefficient (Wildman–Crippen LogP) is 3.68. The van der Waals surface area contributed by atoms with Crippen molar-refractivity contribution in [1.29, 1.82) is 0 Å². The number of nitrogens with zero attached hydrogens (tertiary/aromatic N) is 3. The Morgan fingerprint density at radius 3 is 2.50 bits per heavy atom. The SMILES string of the molecule is Cc1ccc(C(=O)N(C)C)c(C2CCN(Cc3cc(C)c(C)o3)CC2)n1. The third-order valence-corrected chi connectivity index (χ3v) is 5.27. The fourth-order valence-corrected chi connectivity index (χ4v) is 3.62. The van der Waals surface area contributed by atoms with Crippen LogP contribution >= 0.6 is 0 Å². The van der Waals surface area contributed by atoms with Crippen LogP contribution in [0.5, 0.6) is 0 Å². The zero-order valence-corrected chi connectivity index (χ0v) is 16.5. The number of pyridine rings is 1. The van der Waals surface area contributed by atoms with Gasteiger partial charge in [-0.2, -0.15) is 0 Å². The van der Waals surface area contributed by atoms with Gasteiger partial charge in [-0.1, -0.05) is 0 Å². The molecule has 1 aliphatic heterocycles. The standard InChI is InChI=1S/C21H29N3O2/c1-14-12-18(26-16(14)3)13-24-10-8-17(9-11-24)20-19(21(25)23(4)5)7-6-15(2)22-20/h6-7,12,17H,8-11,13H2,1-5H3. The van der Waals surface area contributed by atoms with Crippen molar-refractivity contribution < 1.29 is 9.21 Å². The Hall–Kier alpha value is -2.14. The van der Waals surface area contributed by atoms with Gasteiger partial charge in [-0.05, 0) is 70.5 Å². The Morgan fingerprint density at radius 2 is 1.92 bits per heavy atom. The highest BCUT2D eigenvalue weighted by atomic mass is 16.3. The zero-order chi connectivity index (χ0) is 18.8. The number of furan rings is 1. The first kappa shape index (κ1) is 18.6. The number of likely N-dealkylation sites (tertiary alicyclic amines) is 1. The number of hydrogen-bond donors (Lipinski definition) is 0. The molecule has 0 saturated carbocycles. The predicted molar refractivity (Wildman–Crippen MR) is 102 cm³/mol. The molecule has 140 valence electrons. The lowest BCUT2D eigenvalue weighted by Gasteiger charge is -2.32. The van der Waals surface area contributed by atoms with Crippen LogP contribution in [0.4, 0.5) is 0 Å². The first-order chi connectivity index (χ1) is 12.3. The van der Waals surface area contributed by atoms with E-state index in [2.05, 4.69) is 17.9 Å². The van der Waals surface area contributed by atoms with Gasteiger partial charge in [0.1, 0.15) is 11.5 Å². The van der Waals surface area contributed by atoms with Crippen LogP contribution in [0.3, 0.4) is 0 Å². The number of aromatic nitrogens is 1. The van der Waals surface area contributed by atoms with Crippen molar-refractivity contribution in [2.45, 2.75) is 46.1 Å². The summed E-state index contributed by atoms with van der Waals surface area (Å²) in [5.41, 5.74) is 3.90. The van der Waals surface area contributed by atoms with E-state index in [9.17, 15) is 4.79 Å². The third kappa shape index (κ3) is 3.98. The number of aryl methyl sites for hydroxylation is 3. The van der Waals surface area contributed by atoms with Crippen molar-refractivity contribution in [2.24, 2.45) is 0 Å². The molecular weight excluding hydrogens is 326 g/mol. The molecule has 5 heteroatoms.